The number of ether oxygens (including phenoxy) is 2. The molecule has 0 aliphatic carbocycles. The highest BCUT2D eigenvalue weighted by Crippen LogP contribution is 2.43. The Balaban J connectivity index is 5.77. The molecule has 0 aromatic heterocycles. The number of hydrogen-bond donors (Lipinski definition) is 0. The maximum atomic E-state index is 12.5. The van der Waals surface area contributed by atoms with E-state index < -0.39 is 38.1 Å². The quantitative estimate of drug-likeness (QED) is 0.298. The predicted octanol–water partition coefficient (Wildman–Crippen LogP) is 3.38. The zero-order chi connectivity index (χ0) is 21.4. The molecule has 8 heteroatoms. The number of Topliss-reactive ketones (excluding diaryl/α,β-unsaturated/α-hetero) is 1. The lowest BCUT2D eigenvalue weighted by molar-refractivity contribution is -0.147. The van der Waals surface area contributed by atoms with Crippen molar-refractivity contribution in [3.05, 3.63) is 0 Å². The molecule has 0 spiro atoms. The average Bonchev–Trinajstić information content (AvgIpc) is 2.58. The summed E-state index contributed by atoms with van der Waals surface area (Å²) in [6.07, 6.45) is -1.07. The molecule has 0 saturated heterocycles. The molecular weight excluding hydrogens is 366 g/mol. The molecule has 0 aliphatic heterocycles. The first-order chi connectivity index (χ1) is 12.5. The van der Waals surface area contributed by atoms with Crippen molar-refractivity contribution >= 4 is 26.0 Å². The van der Waals surface area contributed by atoms with Crippen LogP contribution >= 0.6 is 0 Å². The van der Waals surface area contributed by atoms with E-state index in [2.05, 4.69) is 46.3 Å². The molecule has 27 heavy (non-hydrogen) atoms. The molecule has 0 aromatic rings. The molecule has 0 N–H and O–H groups in total. The highest BCUT2D eigenvalue weighted by Gasteiger charge is 2.47. The van der Waals surface area contributed by atoms with Gasteiger partial charge in [0.15, 0.2) is 5.78 Å². The summed E-state index contributed by atoms with van der Waals surface area (Å²) in [4.78, 5) is 36.0. The van der Waals surface area contributed by atoms with Crippen LogP contribution < -0.4 is 0 Å². The maximum absolute atomic E-state index is 12.5. The number of hydrogen-bond acceptors (Lipinski definition) is 7. The van der Waals surface area contributed by atoms with Crippen LogP contribution in [0.5, 0.6) is 0 Å². The van der Waals surface area contributed by atoms with Crippen LogP contribution in [0.2, 0.25) is 16.6 Å². The highest BCUT2D eigenvalue weighted by molar-refractivity contribution is 6.77. The lowest BCUT2D eigenvalue weighted by atomic mass is 9.99. The second-order valence-electron chi connectivity index (χ2n) is 7.59. The summed E-state index contributed by atoms with van der Waals surface area (Å²) >= 11 is 0. The molecule has 0 heterocycles. The standard InChI is InChI=1S/C19H33NO6Si/c1-12(2)27(13(3)4,14(5)6)26-15(10-18(22)24-7)9-17(21)16(11-20)19(23)25-8/h12-16H,9-10H2,1-8H3. The first-order valence-electron chi connectivity index (χ1n) is 9.22. The van der Waals surface area contributed by atoms with Crippen LogP contribution in [0.1, 0.15) is 54.4 Å². The van der Waals surface area contributed by atoms with Gasteiger partial charge in [-0.25, -0.2) is 0 Å². The summed E-state index contributed by atoms with van der Waals surface area (Å²) in [5, 5.41) is 9.14. The molecule has 154 valence electrons. The molecule has 7 nitrogen and oxygen atoms in total. The SMILES string of the molecule is COC(=O)CC(CC(=O)C(C#N)C(=O)OC)O[Si](C(C)C)(C(C)C)C(C)C. The first kappa shape index (κ1) is 25.3. The van der Waals surface area contributed by atoms with Crippen LogP contribution in [0.15, 0.2) is 0 Å². The number of methoxy groups -OCH3 is 2. The molecule has 0 amide bonds. The summed E-state index contributed by atoms with van der Waals surface area (Å²) in [6.45, 7) is 12.6. The smallest absolute Gasteiger partial charge is 0.330 e. The Morgan fingerprint density at radius 1 is 0.889 bits per heavy atom. The van der Waals surface area contributed by atoms with Crippen LogP contribution in [0.3, 0.4) is 0 Å². The number of nitrogens with zero attached hydrogens (tertiary/aromatic N) is 1. The first-order valence-corrected chi connectivity index (χ1v) is 11.4. The summed E-state index contributed by atoms with van der Waals surface area (Å²) in [5.74, 6) is -3.54. The fourth-order valence-corrected chi connectivity index (χ4v) is 9.40. The van der Waals surface area contributed by atoms with Gasteiger partial charge in [0.1, 0.15) is 0 Å². The Hall–Kier alpha value is -1.72. The summed E-state index contributed by atoms with van der Waals surface area (Å²) < 4.78 is 15.8. The maximum Gasteiger partial charge on any atom is 0.330 e. The van der Waals surface area contributed by atoms with Crippen molar-refractivity contribution in [2.75, 3.05) is 14.2 Å². The molecule has 0 rings (SSSR count). The number of ketones is 1. The minimum absolute atomic E-state index is 0.109. The molecule has 2 unspecified atom stereocenters. The third-order valence-corrected chi connectivity index (χ3v) is 11.2. The Morgan fingerprint density at radius 3 is 1.70 bits per heavy atom. The Morgan fingerprint density at radius 2 is 1.37 bits per heavy atom. The van der Waals surface area contributed by atoms with Gasteiger partial charge in [-0.15, -0.1) is 0 Å². The van der Waals surface area contributed by atoms with Crippen molar-refractivity contribution < 1.29 is 28.3 Å². The second-order valence-corrected chi connectivity index (χ2v) is 13.0. The molecule has 2 atom stereocenters. The van der Waals surface area contributed by atoms with Gasteiger partial charge in [-0.1, -0.05) is 41.5 Å². The molecule has 0 bridgehead atoms. The van der Waals surface area contributed by atoms with Crippen LogP contribution in [-0.2, 0) is 28.3 Å². The van der Waals surface area contributed by atoms with Crippen LogP contribution in [-0.4, -0.2) is 46.4 Å². The lowest BCUT2D eigenvalue weighted by Crippen LogP contribution is -2.51. The Labute approximate surface area is 163 Å². The molecular formula is C19H33NO6Si. The fraction of sp³-hybridized carbons (Fsp3) is 0.789. The Kier molecular flexibility index (Phi) is 10.5. The van der Waals surface area contributed by atoms with E-state index in [0.717, 1.165) is 7.11 Å². The minimum atomic E-state index is -2.38. The monoisotopic (exact) mass is 399 g/mol. The number of carbonyl (C=O) groups is 3. The molecule has 0 aromatic carbocycles. The van der Waals surface area contributed by atoms with Crippen molar-refractivity contribution in [3.63, 3.8) is 0 Å². The molecule has 0 radical (unpaired) electrons. The van der Waals surface area contributed by atoms with E-state index in [0.29, 0.717) is 0 Å². The number of nitriles is 1. The van der Waals surface area contributed by atoms with Gasteiger partial charge in [0.2, 0.25) is 14.2 Å². The van der Waals surface area contributed by atoms with Crippen LogP contribution in [0, 0.1) is 17.2 Å². The second kappa shape index (κ2) is 11.2. The molecule has 0 fully saturated rings. The minimum Gasteiger partial charge on any atom is -0.469 e. The molecule has 0 saturated carbocycles. The van der Waals surface area contributed by atoms with Crippen molar-refractivity contribution in [1.82, 2.24) is 0 Å². The van der Waals surface area contributed by atoms with E-state index >= 15 is 0 Å². The third kappa shape index (κ3) is 6.43. The van der Waals surface area contributed by atoms with Crippen molar-refractivity contribution in [1.29, 1.82) is 5.26 Å². The van der Waals surface area contributed by atoms with Gasteiger partial charge in [0.05, 0.1) is 32.8 Å². The van der Waals surface area contributed by atoms with E-state index in [4.69, 9.17) is 14.4 Å². The highest BCUT2D eigenvalue weighted by atomic mass is 28.4. The van der Waals surface area contributed by atoms with Gasteiger partial charge in [-0.2, -0.15) is 5.26 Å². The fourth-order valence-electron chi connectivity index (χ4n) is 3.84. The van der Waals surface area contributed by atoms with E-state index in [1.165, 1.54) is 7.11 Å². The largest absolute Gasteiger partial charge is 0.469 e. The topological polar surface area (TPSA) is 103 Å². The number of esters is 2. The van der Waals surface area contributed by atoms with Gasteiger partial charge in [0.25, 0.3) is 0 Å². The van der Waals surface area contributed by atoms with Gasteiger partial charge < -0.3 is 13.9 Å². The summed E-state index contributed by atoms with van der Waals surface area (Å²) in [6, 6.07) is 1.67. The average molecular weight is 400 g/mol. The van der Waals surface area contributed by atoms with Crippen molar-refractivity contribution in [3.8, 4) is 6.07 Å². The van der Waals surface area contributed by atoms with Crippen molar-refractivity contribution in [2.24, 2.45) is 5.92 Å². The number of rotatable bonds is 11. The molecule has 0 aliphatic rings. The van der Waals surface area contributed by atoms with Crippen molar-refractivity contribution in [2.45, 2.75) is 77.1 Å². The van der Waals surface area contributed by atoms with E-state index in [9.17, 15) is 14.4 Å². The lowest BCUT2D eigenvalue weighted by Gasteiger charge is -2.44. The zero-order valence-electron chi connectivity index (χ0n) is 17.7. The normalized spacial score (nSPS) is 14.0. The van der Waals surface area contributed by atoms with Crippen LogP contribution in [0.4, 0.5) is 0 Å². The Bertz CT molecular complexity index is 545. The van der Waals surface area contributed by atoms with E-state index in [1.807, 2.05) is 0 Å². The van der Waals surface area contributed by atoms with Gasteiger partial charge in [0, 0.05) is 6.42 Å². The van der Waals surface area contributed by atoms with Gasteiger partial charge in [-0.3, -0.25) is 14.4 Å². The van der Waals surface area contributed by atoms with Gasteiger partial charge in [-0.05, 0) is 16.6 Å². The predicted molar refractivity (Wildman–Crippen MR) is 103 cm³/mol. The summed E-state index contributed by atoms with van der Waals surface area (Å²) in [7, 11) is 0.0146. The number of carbonyl (C=O) groups excluding carboxylic acids is 3. The van der Waals surface area contributed by atoms with E-state index in [-0.39, 0.29) is 29.5 Å². The third-order valence-electron chi connectivity index (χ3n) is 5.02. The van der Waals surface area contributed by atoms with E-state index in [1.54, 1.807) is 6.07 Å². The zero-order valence-corrected chi connectivity index (χ0v) is 18.7. The van der Waals surface area contributed by atoms with Gasteiger partial charge >= 0.3 is 11.9 Å². The summed E-state index contributed by atoms with van der Waals surface area (Å²) in [5.41, 5.74) is 0.750. The van der Waals surface area contributed by atoms with Crippen LogP contribution in [0.25, 0.3) is 0 Å².